The van der Waals surface area contributed by atoms with Gasteiger partial charge in [0.25, 0.3) is 0 Å². The lowest BCUT2D eigenvalue weighted by molar-refractivity contribution is 0.0911. The fraction of sp³-hybridized carbons (Fsp3) is 0.214. The lowest BCUT2D eigenvalue weighted by atomic mass is 9.75. The van der Waals surface area contributed by atoms with E-state index in [9.17, 15) is 4.79 Å². The van der Waals surface area contributed by atoms with E-state index in [1.165, 1.54) is 16.7 Å². The number of fused-ring (bicyclic) bond motifs is 1. The molecule has 3 nitrogen and oxygen atoms in total. The summed E-state index contributed by atoms with van der Waals surface area (Å²) in [7, 11) is 0. The highest BCUT2D eigenvalue weighted by Crippen LogP contribution is 2.40. The minimum absolute atomic E-state index is 0.0189. The number of hydrogen-bond acceptors (Lipinski definition) is 2. The Hall–Kier alpha value is -3.46. The van der Waals surface area contributed by atoms with Crippen LogP contribution in [0.15, 0.2) is 79.1 Å². The Kier molecular flexibility index (Phi) is 4.82. The van der Waals surface area contributed by atoms with E-state index in [2.05, 4.69) is 72.3 Å². The van der Waals surface area contributed by atoms with Gasteiger partial charge >= 0.3 is 0 Å². The minimum Gasteiger partial charge on any atom is -0.358 e. The van der Waals surface area contributed by atoms with Crippen molar-refractivity contribution in [2.45, 2.75) is 33.1 Å². The van der Waals surface area contributed by atoms with Gasteiger partial charge in [-0.3, -0.25) is 9.78 Å². The molecule has 2 aromatic carbocycles. The van der Waals surface area contributed by atoms with E-state index in [1.807, 2.05) is 18.2 Å². The van der Waals surface area contributed by atoms with E-state index in [1.54, 1.807) is 12.4 Å². The summed E-state index contributed by atoms with van der Waals surface area (Å²) in [6, 6.07) is 23.1. The van der Waals surface area contributed by atoms with Gasteiger partial charge in [-0.25, -0.2) is 0 Å². The highest BCUT2D eigenvalue weighted by molar-refractivity contribution is 6.02. The molecule has 0 amide bonds. The van der Waals surface area contributed by atoms with Gasteiger partial charge in [0.2, 0.25) is 0 Å². The molecule has 0 bridgehead atoms. The summed E-state index contributed by atoms with van der Waals surface area (Å²) in [6.45, 7) is 4.34. The number of carbonyl (C=O) groups is 1. The second-order valence-corrected chi connectivity index (χ2v) is 9.25. The highest BCUT2D eigenvalue weighted by atomic mass is 16.1. The molecule has 0 unspecified atom stereocenters. The van der Waals surface area contributed by atoms with E-state index in [0.29, 0.717) is 6.42 Å². The van der Waals surface area contributed by atoms with Crippen molar-refractivity contribution in [1.82, 2.24) is 9.97 Å². The Labute approximate surface area is 183 Å². The van der Waals surface area contributed by atoms with Gasteiger partial charge in [-0.15, -0.1) is 0 Å². The lowest BCUT2D eigenvalue weighted by Gasteiger charge is -2.28. The normalized spacial score (nSPS) is 15.0. The zero-order chi connectivity index (χ0) is 21.4. The van der Waals surface area contributed by atoms with Crippen molar-refractivity contribution in [3.05, 3.63) is 102 Å². The van der Waals surface area contributed by atoms with Crippen molar-refractivity contribution in [1.29, 1.82) is 0 Å². The number of Topliss-reactive ketones (excluding diaryl/α,β-unsaturated/α-hetero) is 1. The Bertz CT molecular complexity index is 1240. The van der Waals surface area contributed by atoms with Crippen molar-refractivity contribution in [3.63, 3.8) is 0 Å². The number of nitrogens with zero attached hydrogens (tertiary/aromatic N) is 1. The predicted molar refractivity (Wildman–Crippen MR) is 125 cm³/mol. The SMILES string of the molecule is CC1(C)CC(=O)c2c([nH]c(-c3ccncc3)c2Cc2cccc(-c3ccccc3)c2)C1. The largest absolute Gasteiger partial charge is 0.358 e. The van der Waals surface area contributed by atoms with Gasteiger partial charge in [-0.1, -0.05) is 68.4 Å². The van der Waals surface area contributed by atoms with E-state index in [-0.39, 0.29) is 11.2 Å². The first kappa shape index (κ1) is 19.5. The zero-order valence-electron chi connectivity index (χ0n) is 18.0. The summed E-state index contributed by atoms with van der Waals surface area (Å²) < 4.78 is 0. The minimum atomic E-state index is -0.0189. The molecule has 2 aromatic heterocycles. The number of benzene rings is 2. The fourth-order valence-electron chi connectivity index (χ4n) is 4.77. The third-order valence-corrected chi connectivity index (χ3v) is 6.14. The van der Waals surface area contributed by atoms with Crippen LogP contribution in [-0.4, -0.2) is 15.8 Å². The Balaban J connectivity index is 1.61. The molecule has 5 rings (SSSR count). The molecule has 154 valence electrons. The monoisotopic (exact) mass is 406 g/mol. The van der Waals surface area contributed by atoms with E-state index in [0.717, 1.165) is 40.9 Å². The van der Waals surface area contributed by atoms with Gasteiger partial charge in [-0.05, 0) is 46.2 Å². The maximum absolute atomic E-state index is 13.2. The van der Waals surface area contributed by atoms with Crippen LogP contribution in [0.25, 0.3) is 22.4 Å². The summed E-state index contributed by atoms with van der Waals surface area (Å²) in [4.78, 5) is 21.0. The number of hydrogen-bond donors (Lipinski definition) is 1. The van der Waals surface area contributed by atoms with Gasteiger partial charge in [0.05, 0.1) is 5.69 Å². The molecule has 31 heavy (non-hydrogen) atoms. The summed E-state index contributed by atoms with van der Waals surface area (Å²) in [5, 5.41) is 0. The van der Waals surface area contributed by atoms with Gasteiger partial charge in [0.1, 0.15) is 0 Å². The van der Waals surface area contributed by atoms with Crippen LogP contribution < -0.4 is 0 Å². The molecule has 4 aromatic rings. The first-order valence-corrected chi connectivity index (χ1v) is 10.8. The van der Waals surface area contributed by atoms with Crippen LogP contribution in [-0.2, 0) is 12.8 Å². The van der Waals surface area contributed by atoms with Crippen LogP contribution in [0.3, 0.4) is 0 Å². The van der Waals surface area contributed by atoms with Crippen molar-refractivity contribution in [2.75, 3.05) is 0 Å². The highest BCUT2D eigenvalue weighted by Gasteiger charge is 2.35. The number of H-pyrrole nitrogens is 1. The van der Waals surface area contributed by atoms with E-state index < -0.39 is 0 Å². The van der Waals surface area contributed by atoms with Crippen LogP contribution in [0.1, 0.15) is 47.4 Å². The first-order chi connectivity index (χ1) is 15.0. The molecular weight excluding hydrogens is 380 g/mol. The molecule has 0 aliphatic heterocycles. The topological polar surface area (TPSA) is 45.8 Å². The summed E-state index contributed by atoms with van der Waals surface area (Å²) in [5.41, 5.74) is 8.77. The van der Waals surface area contributed by atoms with Crippen molar-refractivity contribution in [2.24, 2.45) is 5.41 Å². The second-order valence-electron chi connectivity index (χ2n) is 9.25. The average molecular weight is 407 g/mol. The number of carbonyl (C=O) groups excluding carboxylic acids is 1. The van der Waals surface area contributed by atoms with Crippen LogP contribution in [0.5, 0.6) is 0 Å². The Morgan fingerprint density at radius 2 is 1.61 bits per heavy atom. The molecule has 3 heteroatoms. The molecule has 0 saturated carbocycles. The maximum Gasteiger partial charge on any atom is 0.165 e. The van der Waals surface area contributed by atoms with E-state index in [4.69, 9.17) is 0 Å². The van der Waals surface area contributed by atoms with Crippen LogP contribution in [0.4, 0.5) is 0 Å². The molecule has 0 atom stereocenters. The van der Waals surface area contributed by atoms with Gasteiger partial charge in [0.15, 0.2) is 5.78 Å². The number of aromatic amines is 1. The third kappa shape index (κ3) is 3.84. The number of ketones is 1. The zero-order valence-corrected chi connectivity index (χ0v) is 18.0. The molecule has 0 radical (unpaired) electrons. The quantitative estimate of drug-likeness (QED) is 0.421. The summed E-state index contributed by atoms with van der Waals surface area (Å²) >= 11 is 0. The molecule has 0 saturated heterocycles. The number of rotatable bonds is 4. The molecule has 1 aliphatic rings. The smallest absolute Gasteiger partial charge is 0.165 e. The lowest BCUT2D eigenvalue weighted by Crippen LogP contribution is -2.27. The second kappa shape index (κ2) is 7.66. The molecule has 1 aliphatic carbocycles. The first-order valence-electron chi connectivity index (χ1n) is 10.8. The molecule has 1 N–H and O–H groups in total. The number of nitrogens with one attached hydrogen (secondary N) is 1. The predicted octanol–water partition coefficient (Wildman–Crippen LogP) is 6.49. The van der Waals surface area contributed by atoms with Crippen molar-refractivity contribution < 1.29 is 4.79 Å². The van der Waals surface area contributed by atoms with Crippen LogP contribution >= 0.6 is 0 Å². The average Bonchev–Trinajstić information content (AvgIpc) is 3.12. The maximum atomic E-state index is 13.2. The fourth-order valence-corrected chi connectivity index (χ4v) is 4.77. The summed E-state index contributed by atoms with van der Waals surface area (Å²) in [5.74, 6) is 0.247. The van der Waals surface area contributed by atoms with Gasteiger partial charge < -0.3 is 4.98 Å². The molecule has 2 heterocycles. The van der Waals surface area contributed by atoms with Crippen molar-refractivity contribution >= 4 is 5.78 Å². The Morgan fingerprint density at radius 3 is 2.39 bits per heavy atom. The number of aromatic nitrogens is 2. The van der Waals surface area contributed by atoms with Gasteiger partial charge in [-0.2, -0.15) is 0 Å². The third-order valence-electron chi connectivity index (χ3n) is 6.14. The summed E-state index contributed by atoms with van der Waals surface area (Å²) in [6.07, 6.45) is 5.80. The Morgan fingerprint density at radius 1 is 0.871 bits per heavy atom. The van der Waals surface area contributed by atoms with Gasteiger partial charge in [0, 0.05) is 42.1 Å². The molecular formula is C28H26N2O. The molecule has 0 spiro atoms. The van der Waals surface area contributed by atoms with Crippen LogP contribution in [0, 0.1) is 5.41 Å². The van der Waals surface area contributed by atoms with E-state index >= 15 is 0 Å². The van der Waals surface area contributed by atoms with Crippen molar-refractivity contribution in [3.8, 4) is 22.4 Å². The standard InChI is InChI=1S/C28H26N2O/c1-28(2)17-24-26(25(31)18-28)23(27(30-24)21-11-13-29-14-12-21)16-19-7-6-10-22(15-19)20-8-4-3-5-9-20/h3-15,30H,16-18H2,1-2H3. The number of pyridine rings is 1. The van der Waals surface area contributed by atoms with Crippen LogP contribution in [0.2, 0.25) is 0 Å². The molecule has 0 fully saturated rings.